The first kappa shape index (κ1) is 26.8. The number of ether oxygens (including phenoxy) is 3. The summed E-state index contributed by atoms with van der Waals surface area (Å²) < 4.78 is 51.2. The van der Waals surface area contributed by atoms with Crippen LogP contribution in [0.1, 0.15) is 18.9 Å². The first-order valence-corrected chi connectivity index (χ1v) is 9.86. The zero-order valence-electron chi connectivity index (χ0n) is 17.4. The Morgan fingerprint density at radius 3 is 2.60 bits per heavy atom. The van der Waals surface area contributed by atoms with Crippen molar-refractivity contribution in [3.8, 4) is 5.75 Å². The fraction of sp³-hybridized carbons (Fsp3) is 0.650. The molecular formula is C20H31F3IN3O3. The molecule has 1 atom stereocenters. The van der Waals surface area contributed by atoms with Gasteiger partial charge in [-0.25, -0.2) is 0 Å². The van der Waals surface area contributed by atoms with E-state index in [0.29, 0.717) is 38.7 Å². The maximum Gasteiger partial charge on any atom is 0.573 e. The monoisotopic (exact) mass is 545 g/mol. The number of aliphatic imine (C=N–C) groups is 1. The Bertz CT molecular complexity index is 630. The summed E-state index contributed by atoms with van der Waals surface area (Å²) in [5.74, 6) is 1.12. The third-order valence-electron chi connectivity index (χ3n) is 4.52. The minimum Gasteiger partial charge on any atom is -0.406 e. The molecule has 0 amide bonds. The average molecular weight is 545 g/mol. The van der Waals surface area contributed by atoms with Gasteiger partial charge < -0.3 is 24.4 Å². The van der Waals surface area contributed by atoms with Crippen LogP contribution in [0.15, 0.2) is 29.3 Å². The van der Waals surface area contributed by atoms with Crippen molar-refractivity contribution in [1.29, 1.82) is 0 Å². The number of hydrogen-bond donors (Lipinski definition) is 1. The third kappa shape index (κ3) is 10.2. The Hall–Kier alpha value is -1.27. The second-order valence-electron chi connectivity index (χ2n) is 6.85. The number of nitrogens with one attached hydrogen (secondary N) is 1. The quantitative estimate of drug-likeness (QED) is 0.211. The van der Waals surface area contributed by atoms with Gasteiger partial charge in [-0.3, -0.25) is 4.99 Å². The second kappa shape index (κ2) is 13.9. The van der Waals surface area contributed by atoms with Crippen LogP contribution in [0.2, 0.25) is 0 Å². The molecule has 1 saturated heterocycles. The summed E-state index contributed by atoms with van der Waals surface area (Å²) in [5, 5.41) is 3.31. The van der Waals surface area contributed by atoms with Gasteiger partial charge in [0.25, 0.3) is 0 Å². The van der Waals surface area contributed by atoms with Gasteiger partial charge in [0.1, 0.15) is 5.75 Å². The number of nitrogens with zero attached hydrogens (tertiary/aromatic N) is 2. The van der Waals surface area contributed by atoms with E-state index in [0.717, 1.165) is 37.6 Å². The number of alkyl halides is 3. The van der Waals surface area contributed by atoms with Gasteiger partial charge in [-0.05, 0) is 37.5 Å². The van der Waals surface area contributed by atoms with E-state index in [9.17, 15) is 13.2 Å². The van der Waals surface area contributed by atoms with Crippen molar-refractivity contribution in [2.45, 2.75) is 26.1 Å². The van der Waals surface area contributed by atoms with Crippen LogP contribution >= 0.6 is 24.0 Å². The zero-order chi connectivity index (χ0) is 21.1. The highest BCUT2D eigenvalue weighted by molar-refractivity contribution is 14.0. The van der Waals surface area contributed by atoms with Crippen LogP contribution in [0.5, 0.6) is 5.75 Å². The summed E-state index contributed by atoms with van der Waals surface area (Å²) in [5.41, 5.74) is 0.907. The zero-order valence-corrected chi connectivity index (χ0v) is 19.7. The van der Waals surface area contributed by atoms with E-state index >= 15 is 0 Å². The third-order valence-corrected chi connectivity index (χ3v) is 4.52. The molecule has 1 aliphatic rings. The lowest BCUT2D eigenvalue weighted by atomic mass is 10.1. The van der Waals surface area contributed by atoms with E-state index in [-0.39, 0.29) is 29.7 Å². The molecule has 2 rings (SSSR count). The van der Waals surface area contributed by atoms with Gasteiger partial charge in [0.05, 0.1) is 19.8 Å². The van der Waals surface area contributed by atoms with Crippen molar-refractivity contribution < 1.29 is 27.4 Å². The normalized spacial score (nSPS) is 17.0. The summed E-state index contributed by atoms with van der Waals surface area (Å²) in [4.78, 5) is 6.91. The standard InChI is InChI=1S/C20H30F3N3O3.HI/c1-3-24-19(26-11-9-17(14-26)15-28-13-12-27-2)25-10-8-16-4-6-18(7-5-16)29-20(21,22)23;/h4-7,17H,3,8-15H2,1-2H3,(H,24,25);1H. The van der Waals surface area contributed by atoms with Crippen LogP contribution < -0.4 is 10.1 Å². The second-order valence-corrected chi connectivity index (χ2v) is 6.85. The molecule has 0 bridgehead atoms. The van der Waals surface area contributed by atoms with E-state index < -0.39 is 6.36 Å². The molecule has 172 valence electrons. The predicted octanol–water partition coefficient (Wildman–Crippen LogP) is 3.70. The lowest BCUT2D eigenvalue weighted by Gasteiger charge is -2.21. The number of guanidine groups is 1. The molecular weight excluding hydrogens is 514 g/mol. The molecule has 30 heavy (non-hydrogen) atoms. The molecule has 1 fully saturated rings. The van der Waals surface area contributed by atoms with E-state index in [1.165, 1.54) is 12.1 Å². The van der Waals surface area contributed by atoms with Gasteiger partial charge in [-0.2, -0.15) is 0 Å². The van der Waals surface area contributed by atoms with Crippen LogP contribution in [0.3, 0.4) is 0 Å². The molecule has 0 aromatic heterocycles. The Labute approximate surface area is 193 Å². The molecule has 6 nitrogen and oxygen atoms in total. The van der Waals surface area contributed by atoms with Crippen molar-refractivity contribution in [3.05, 3.63) is 29.8 Å². The number of likely N-dealkylation sites (tertiary alicyclic amines) is 1. The fourth-order valence-electron chi connectivity index (χ4n) is 3.13. The molecule has 0 saturated carbocycles. The minimum atomic E-state index is -4.67. The topological polar surface area (TPSA) is 55.3 Å². The smallest absolute Gasteiger partial charge is 0.406 e. The van der Waals surface area contributed by atoms with Crippen molar-refractivity contribution in [3.63, 3.8) is 0 Å². The number of methoxy groups -OCH3 is 1. The molecule has 1 aromatic carbocycles. The van der Waals surface area contributed by atoms with E-state index in [1.54, 1.807) is 19.2 Å². The number of benzene rings is 1. The molecule has 1 unspecified atom stereocenters. The highest BCUT2D eigenvalue weighted by atomic mass is 127. The van der Waals surface area contributed by atoms with Gasteiger partial charge >= 0.3 is 6.36 Å². The van der Waals surface area contributed by atoms with E-state index in [1.807, 2.05) is 6.92 Å². The number of hydrogen-bond acceptors (Lipinski definition) is 4. The largest absolute Gasteiger partial charge is 0.573 e. The highest BCUT2D eigenvalue weighted by Gasteiger charge is 2.31. The van der Waals surface area contributed by atoms with Crippen molar-refractivity contribution in [2.24, 2.45) is 10.9 Å². The van der Waals surface area contributed by atoms with Gasteiger partial charge in [0.2, 0.25) is 0 Å². The van der Waals surface area contributed by atoms with Crippen LogP contribution in [0.25, 0.3) is 0 Å². The summed E-state index contributed by atoms with van der Waals surface area (Å²) in [6.07, 6.45) is -2.98. The van der Waals surface area contributed by atoms with Crippen molar-refractivity contribution >= 4 is 29.9 Å². The minimum absolute atomic E-state index is 0. The lowest BCUT2D eigenvalue weighted by Crippen LogP contribution is -2.40. The molecule has 1 aliphatic heterocycles. The molecule has 10 heteroatoms. The van der Waals surface area contributed by atoms with Gasteiger partial charge in [0, 0.05) is 39.2 Å². The van der Waals surface area contributed by atoms with Gasteiger partial charge in [-0.15, -0.1) is 37.1 Å². The number of rotatable bonds is 10. The SMILES string of the molecule is CCNC(=NCCc1ccc(OC(F)(F)F)cc1)N1CCC(COCCOC)C1.I. The number of halogens is 4. The lowest BCUT2D eigenvalue weighted by molar-refractivity contribution is -0.274. The fourth-order valence-corrected chi connectivity index (χ4v) is 3.13. The molecule has 1 aromatic rings. The molecule has 0 spiro atoms. The van der Waals surface area contributed by atoms with Gasteiger partial charge in [-0.1, -0.05) is 12.1 Å². The highest BCUT2D eigenvalue weighted by Crippen LogP contribution is 2.23. The Morgan fingerprint density at radius 2 is 1.97 bits per heavy atom. The van der Waals surface area contributed by atoms with Gasteiger partial charge in [0.15, 0.2) is 5.96 Å². The molecule has 0 radical (unpaired) electrons. The Kier molecular flexibility index (Phi) is 12.4. The first-order valence-electron chi connectivity index (χ1n) is 9.86. The predicted molar refractivity (Wildman–Crippen MR) is 121 cm³/mol. The van der Waals surface area contributed by atoms with Crippen molar-refractivity contribution in [2.75, 3.05) is 53.1 Å². The van der Waals surface area contributed by atoms with E-state index in [2.05, 4.69) is 19.9 Å². The van der Waals surface area contributed by atoms with Crippen LogP contribution in [-0.4, -0.2) is 70.3 Å². The van der Waals surface area contributed by atoms with Crippen LogP contribution in [0, 0.1) is 5.92 Å². The average Bonchev–Trinajstić information content (AvgIpc) is 3.13. The molecule has 1 N–H and O–H groups in total. The molecule has 1 heterocycles. The maximum atomic E-state index is 12.2. The Balaban J connectivity index is 0.00000450. The summed E-state index contributed by atoms with van der Waals surface area (Å²) in [6, 6.07) is 5.91. The van der Waals surface area contributed by atoms with Crippen LogP contribution in [-0.2, 0) is 15.9 Å². The first-order chi connectivity index (χ1) is 13.9. The maximum absolute atomic E-state index is 12.2. The van der Waals surface area contributed by atoms with E-state index in [4.69, 9.17) is 9.47 Å². The van der Waals surface area contributed by atoms with Crippen LogP contribution in [0.4, 0.5) is 13.2 Å². The Morgan fingerprint density at radius 1 is 1.23 bits per heavy atom. The summed E-state index contributed by atoms with van der Waals surface area (Å²) in [7, 11) is 1.66. The van der Waals surface area contributed by atoms with Crippen molar-refractivity contribution in [1.82, 2.24) is 10.2 Å². The summed E-state index contributed by atoms with van der Waals surface area (Å²) in [6.45, 7) is 7.08. The molecule has 0 aliphatic carbocycles. The summed E-state index contributed by atoms with van der Waals surface area (Å²) >= 11 is 0.